The van der Waals surface area contributed by atoms with Crippen LogP contribution in [0.15, 0.2) is 6.20 Å². The Morgan fingerprint density at radius 3 is 2.65 bits per heavy atom. The standard InChI is InChI=1S/C13H25N3O/c1-10(2)9-17-7-6-14-12-8-16(5)15-13(12)11(3)4/h8,10-11,14H,6-7,9H2,1-5H3. The highest BCUT2D eigenvalue weighted by Gasteiger charge is 2.10. The first-order valence-corrected chi connectivity index (χ1v) is 6.35. The van der Waals surface area contributed by atoms with Gasteiger partial charge >= 0.3 is 0 Å². The SMILES string of the molecule is CC(C)COCCNc1cn(C)nc1C(C)C. The van der Waals surface area contributed by atoms with Crippen molar-refractivity contribution < 1.29 is 4.74 Å². The number of ether oxygens (including phenoxy) is 1. The average molecular weight is 239 g/mol. The smallest absolute Gasteiger partial charge is 0.0881 e. The maximum atomic E-state index is 5.53. The Hall–Kier alpha value is -1.03. The van der Waals surface area contributed by atoms with Crippen molar-refractivity contribution in [1.82, 2.24) is 9.78 Å². The lowest BCUT2D eigenvalue weighted by Crippen LogP contribution is -2.12. The summed E-state index contributed by atoms with van der Waals surface area (Å²) in [5.41, 5.74) is 2.24. The van der Waals surface area contributed by atoms with E-state index in [0.717, 1.165) is 31.1 Å². The Kier molecular flexibility index (Phi) is 5.48. The summed E-state index contributed by atoms with van der Waals surface area (Å²) in [4.78, 5) is 0. The van der Waals surface area contributed by atoms with Gasteiger partial charge in [-0.05, 0) is 11.8 Å². The minimum Gasteiger partial charge on any atom is -0.380 e. The number of nitrogens with zero attached hydrogens (tertiary/aromatic N) is 2. The first-order valence-electron chi connectivity index (χ1n) is 6.35. The summed E-state index contributed by atoms with van der Waals surface area (Å²) in [6.45, 7) is 11.0. The van der Waals surface area contributed by atoms with Crippen LogP contribution in [0.25, 0.3) is 0 Å². The highest BCUT2D eigenvalue weighted by molar-refractivity contribution is 5.47. The third kappa shape index (κ3) is 4.77. The number of anilines is 1. The van der Waals surface area contributed by atoms with Crippen molar-refractivity contribution in [3.05, 3.63) is 11.9 Å². The number of aromatic nitrogens is 2. The Morgan fingerprint density at radius 1 is 1.35 bits per heavy atom. The zero-order chi connectivity index (χ0) is 12.8. The van der Waals surface area contributed by atoms with Crippen molar-refractivity contribution in [3.8, 4) is 0 Å². The average Bonchev–Trinajstić information content (AvgIpc) is 2.59. The van der Waals surface area contributed by atoms with Crippen LogP contribution in [0.4, 0.5) is 5.69 Å². The van der Waals surface area contributed by atoms with Crippen LogP contribution in [0, 0.1) is 5.92 Å². The molecule has 0 saturated heterocycles. The molecular formula is C13H25N3O. The fourth-order valence-electron chi connectivity index (χ4n) is 1.65. The fraction of sp³-hybridized carbons (Fsp3) is 0.769. The second-order valence-corrected chi connectivity index (χ2v) is 5.15. The van der Waals surface area contributed by atoms with Crippen molar-refractivity contribution in [2.75, 3.05) is 25.1 Å². The third-order valence-corrected chi connectivity index (χ3v) is 2.42. The number of rotatable bonds is 7. The molecule has 17 heavy (non-hydrogen) atoms. The van der Waals surface area contributed by atoms with Crippen LogP contribution in [0.2, 0.25) is 0 Å². The van der Waals surface area contributed by atoms with E-state index in [-0.39, 0.29) is 0 Å². The molecule has 98 valence electrons. The number of nitrogens with one attached hydrogen (secondary N) is 1. The van der Waals surface area contributed by atoms with Crippen LogP contribution in [0.5, 0.6) is 0 Å². The predicted octanol–water partition coefficient (Wildman–Crippen LogP) is 2.63. The maximum absolute atomic E-state index is 5.53. The molecule has 1 heterocycles. The van der Waals surface area contributed by atoms with Gasteiger partial charge in [-0.2, -0.15) is 5.10 Å². The van der Waals surface area contributed by atoms with Gasteiger partial charge in [-0.15, -0.1) is 0 Å². The first kappa shape index (κ1) is 14.0. The Morgan fingerprint density at radius 2 is 2.06 bits per heavy atom. The molecule has 0 saturated carbocycles. The minimum atomic E-state index is 0.440. The lowest BCUT2D eigenvalue weighted by molar-refractivity contribution is 0.118. The van der Waals surface area contributed by atoms with Gasteiger partial charge in [0.05, 0.1) is 18.0 Å². The molecule has 0 spiro atoms. The first-order chi connectivity index (χ1) is 8.00. The van der Waals surface area contributed by atoms with Gasteiger partial charge in [-0.25, -0.2) is 0 Å². The van der Waals surface area contributed by atoms with Gasteiger partial charge in [0.15, 0.2) is 0 Å². The fourth-order valence-corrected chi connectivity index (χ4v) is 1.65. The van der Waals surface area contributed by atoms with Crippen LogP contribution in [0.3, 0.4) is 0 Å². The summed E-state index contributed by atoms with van der Waals surface area (Å²) in [7, 11) is 1.95. The molecule has 0 aliphatic carbocycles. The second-order valence-electron chi connectivity index (χ2n) is 5.15. The van der Waals surface area contributed by atoms with Crippen LogP contribution < -0.4 is 5.32 Å². The molecule has 0 atom stereocenters. The quantitative estimate of drug-likeness (QED) is 0.743. The molecule has 4 nitrogen and oxygen atoms in total. The van der Waals surface area contributed by atoms with Gasteiger partial charge in [0.2, 0.25) is 0 Å². The Labute approximate surface area is 104 Å². The molecule has 1 N–H and O–H groups in total. The van der Waals surface area contributed by atoms with E-state index in [1.54, 1.807) is 0 Å². The predicted molar refractivity (Wildman–Crippen MR) is 71.4 cm³/mol. The minimum absolute atomic E-state index is 0.440. The van der Waals surface area contributed by atoms with Gasteiger partial charge in [-0.3, -0.25) is 4.68 Å². The van der Waals surface area contributed by atoms with Crippen molar-refractivity contribution in [2.24, 2.45) is 13.0 Å². The highest BCUT2D eigenvalue weighted by atomic mass is 16.5. The molecule has 1 rings (SSSR count). The Balaban J connectivity index is 2.36. The Bertz CT molecular complexity index is 331. The van der Waals surface area contributed by atoms with Crippen molar-refractivity contribution >= 4 is 5.69 Å². The molecule has 0 amide bonds. The summed E-state index contributed by atoms with van der Waals surface area (Å²) in [5, 5.41) is 7.83. The van der Waals surface area contributed by atoms with Gasteiger partial charge in [0, 0.05) is 26.4 Å². The van der Waals surface area contributed by atoms with Gasteiger partial charge < -0.3 is 10.1 Å². The van der Waals surface area contributed by atoms with E-state index in [2.05, 4.69) is 38.1 Å². The highest BCUT2D eigenvalue weighted by Crippen LogP contribution is 2.21. The summed E-state index contributed by atoms with van der Waals surface area (Å²) in [5.74, 6) is 1.04. The summed E-state index contributed by atoms with van der Waals surface area (Å²) in [6.07, 6.45) is 2.03. The zero-order valence-corrected chi connectivity index (χ0v) is 11.7. The summed E-state index contributed by atoms with van der Waals surface area (Å²) >= 11 is 0. The molecule has 0 bridgehead atoms. The van der Waals surface area contributed by atoms with Gasteiger partial charge in [0.1, 0.15) is 0 Å². The number of hydrogen-bond acceptors (Lipinski definition) is 3. The van der Waals surface area contributed by atoms with Crippen molar-refractivity contribution in [2.45, 2.75) is 33.6 Å². The second kappa shape index (κ2) is 6.64. The van der Waals surface area contributed by atoms with E-state index in [1.807, 2.05) is 17.9 Å². The van der Waals surface area contributed by atoms with Gasteiger partial charge in [0.25, 0.3) is 0 Å². The van der Waals surface area contributed by atoms with Crippen molar-refractivity contribution in [3.63, 3.8) is 0 Å². The molecule has 0 unspecified atom stereocenters. The molecule has 4 heteroatoms. The zero-order valence-electron chi connectivity index (χ0n) is 11.7. The van der Waals surface area contributed by atoms with Crippen LogP contribution >= 0.6 is 0 Å². The normalized spacial score (nSPS) is 11.5. The van der Waals surface area contributed by atoms with E-state index in [1.165, 1.54) is 0 Å². The molecule has 0 radical (unpaired) electrons. The molecule has 0 aliphatic heterocycles. The topological polar surface area (TPSA) is 39.1 Å². The lowest BCUT2D eigenvalue weighted by Gasteiger charge is -2.09. The van der Waals surface area contributed by atoms with Crippen LogP contribution in [-0.4, -0.2) is 29.5 Å². The van der Waals surface area contributed by atoms with E-state index in [9.17, 15) is 0 Å². The largest absolute Gasteiger partial charge is 0.380 e. The van der Waals surface area contributed by atoms with E-state index < -0.39 is 0 Å². The third-order valence-electron chi connectivity index (χ3n) is 2.42. The van der Waals surface area contributed by atoms with Crippen LogP contribution in [0.1, 0.15) is 39.3 Å². The van der Waals surface area contributed by atoms with Gasteiger partial charge in [-0.1, -0.05) is 27.7 Å². The summed E-state index contributed by atoms with van der Waals surface area (Å²) in [6, 6.07) is 0. The van der Waals surface area contributed by atoms with Crippen molar-refractivity contribution in [1.29, 1.82) is 0 Å². The molecular weight excluding hydrogens is 214 g/mol. The molecule has 0 aliphatic rings. The van der Waals surface area contributed by atoms with E-state index in [0.29, 0.717) is 11.8 Å². The summed E-state index contributed by atoms with van der Waals surface area (Å²) < 4.78 is 7.39. The lowest BCUT2D eigenvalue weighted by atomic mass is 10.1. The molecule has 0 aromatic carbocycles. The van der Waals surface area contributed by atoms with Crippen LogP contribution in [-0.2, 0) is 11.8 Å². The molecule has 1 aromatic rings. The molecule has 1 aromatic heterocycles. The van der Waals surface area contributed by atoms with E-state index in [4.69, 9.17) is 4.74 Å². The van der Waals surface area contributed by atoms with E-state index >= 15 is 0 Å². The maximum Gasteiger partial charge on any atom is 0.0881 e. The monoisotopic (exact) mass is 239 g/mol. The molecule has 0 fully saturated rings. The number of hydrogen-bond donors (Lipinski definition) is 1. The number of aryl methyl sites for hydroxylation is 1.